The monoisotopic (exact) mass is 383 g/mol. The van der Waals surface area contributed by atoms with Crippen molar-refractivity contribution in [1.29, 1.82) is 0 Å². The van der Waals surface area contributed by atoms with Gasteiger partial charge in [0.05, 0.1) is 19.0 Å². The van der Waals surface area contributed by atoms with E-state index in [2.05, 4.69) is 31.9 Å². The lowest BCUT2D eigenvalue weighted by atomic mass is 10.1. The Kier molecular flexibility index (Phi) is 4.37. The molecule has 1 aromatic carbocycles. The molecule has 1 N–H and O–H groups in total. The number of morpholine rings is 1. The molecule has 1 saturated carbocycles. The molecule has 27 heavy (non-hydrogen) atoms. The summed E-state index contributed by atoms with van der Waals surface area (Å²) in [6.07, 6.45) is 4.28. The quantitative estimate of drug-likeness (QED) is 0.686. The van der Waals surface area contributed by atoms with Crippen LogP contribution in [-0.4, -0.2) is 62.6 Å². The highest BCUT2D eigenvalue weighted by atomic mass is 32.2. The lowest BCUT2D eigenvalue weighted by Crippen LogP contribution is -2.41. The van der Waals surface area contributed by atoms with Crippen LogP contribution in [0.5, 0.6) is 0 Å². The van der Waals surface area contributed by atoms with Gasteiger partial charge in [-0.1, -0.05) is 30.0 Å². The molecule has 1 amide bonds. The Balaban J connectivity index is 1.40. The molecule has 3 aromatic rings. The molecule has 5 rings (SSSR count). The molecule has 8 heteroatoms. The van der Waals surface area contributed by atoms with Crippen molar-refractivity contribution in [2.75, 3.05) is 32.1 Å². The highest BCUT2D eigenvalue weighted by Gasteiger charge is 2.31. The Morgan fingerprint density at radius 2 is 2.04 bits per heavy atom. The van der Waals surface area contributed by atoms with Crippen molar-refractivity contribution in [3.8, 4) is 11.4 Å². The fraction of sp³-hybridized carbons (Fsp3) is 0.421. The minimum absolute atomic E-state index is 0.141. The van der Waals surface area contributed by atoms with Gasteiger partial charge in [-0.3, -0.25) is 9.36 Å². The van der Waals surface area contributed by atoms with E-state index in [4.69, 9.17) is 4.74 Å². The molecule has 7 nitrogen and oxygen atoms in total. The van der Waals surface area contributed by atoms with Gasteiger partial charge in [-0.2, -0.15) is 0 Å². The first-order valence-corrected chi connectivity index (χ1v) is 10.3. The molecule has 2 aromatic heterocycles. The maximum absolute atomic E-state index is 12.5. The van der Waals surface area contributed by atoms with Crippen LogP contribution in [0.15, 0.2) is 35.6 Å². The van der Waals surface area contributed by atoms with E-state index in [9.17, 15) is 4.79 Å². The second-order valence-electron chi connectivity index (χ2n) is 6.94. The zero-order valence-corrected chi connectivity index (χ0v) is 15.7. The van der Waals surface area contributed by atoms with Crippen LogP contribution in [0.2, 0.25) is 0 Å². The standard InChI is InChI=1S/C19H21N5O2S/c25-17(23-7-9-26-10-8-23)12-27-19-22-21-18(24(19)13-5-6-13)15-11-20-16-4-2-1-3-14(15)16/h1-4,11,13,20H,5-10,12H2. The predicted octanol–water partition coefficient (Wildman–Crippen LogP) is 2.71. The summed E-state index contributed by atoms with van der Waals surface area (Å²) in [7, 11) is 0. The van der Waals surface area contributed by atoms with E-state index in [0.29, 0.717) is 38.1 Å². The van der Waals surface area contributed by atoms with Crippen molar-refractivity contribution in [2.45, 2.75) is 24.0 Å². The van der Waals surface area contributed by atoms with Gasteiger partial charge >= 0.3 is 0 Å². The molecule has 0 radical (unpaired) electrons. The van der Waals surface area contributed by atoms with Crippen LogP contribution in [-0.2, 0) is 9.53 Å². The number of benzene rings is 1. The summed E-state index contributed by atoms with van der Waals surface area (Å²) < 4.78 is 7.54. The summed E-state index contributed by atoms with van der Waals surface area (Å²) in [4.78, 5) is 17.7. The number of hydrogen-bond donors (Lipinski definition) is 1. The van der Waals surface area contributed by atoms with E-state index in [1.807, 2.05) is 23.2 Å². The van der Waals surface area contributed by atoms with Gasteiger partial charge in [-0.25, -0.2) is 0 Å². The van der Waals surface area contributed by atoms with Gasteiger partial charge in [0.2, 0.25) is 5.91 Å². The average Bonchev–Trinajstić information content (AvgIpc) is 3.33. The van der Waals surface area contributed by atoms with Gasteiger partial charge in [-0.05, 0) is 18.9 Å². The van der Waals surface area contributed by atoms with Crippen LogP contribution in [0.1, 0.15) is 18.9 Å². The highest BCUT2D eigenvalue weighted by Crippen LogP contribution is 2.42. The van der Waals surface area contributed by atoms with Crippen LogP contribution in [0.3, 0.4) is 0 Å². The number of para-hydroxylation sites is 1. The van der Waals surface area contributed by atoms with Gasteiger partial charge in [0.1, 0.15) is 0 Å². The molecule has 1 aliphatic heterocycles. The van der Waals surface area contributed by atoms with Gasteiger partial charge in [0.15, 0.2) is 11.0 Å². The number of fused-ring (bicyclic) bond motifs is 1. The van der Waals surface area contributed by atoms with Crippen molar-refractivity contribution in [3.05, 3.63) is 30.5 Å². The van der Waals surface area contributed by atoms with Gasteiger partial charge in [0, 0.05) is 41.8 Å². The number of thioether (sulfide) groups is 1. The molecule has 0 unspecified atom stereocenters. The SMILES string of the molecule is O=C(CSc1nnc(-c2c[nH]c3ccccc23)n1C1CC1)N1CCOCC1. The number of carbonyl (C=O) groups is 1. The van der Waals surface area contributed by atoms with E-state index in [1.54, 1.807) is 0 Å². The second-order valence-corrected chi connectivity index (χ2v) is 7.88. The summed E-state index contributed by atoms with van der Waals surface area (Å²) in [5.74, 6) is 1.41. The van der Waals surface area contributed by atoms with Crippen LogP contribution >= 0.6 is 11.8 Å². The fourth-order valence-corrected chi connectivity index (χ4v) is 4.42. The maximum atomic E-state index is 12.5. The smallest absolute Gasteiger partial charge is 0.233 e. The number of H-pyrrole nitrogens is 1. The molecule has 0 spiro atoms. The summed E-state index contributed by atoms with van der Waals surface area (Å²) in [5.41, 5.74) is 2.16. The maximum Gasteiger partial charge on any atom is 0.233 e. The first-order valence-electron chi connectivity index (χ1n) is 9.31. The number of amides is 1. The normalized spacial score (nSPS) is 17.6. The van der Waals surface area contributed by atoms with E-state index in [0.717, 1.165) is 40.3 Å². The van der Waals surface area contributed by atoms with Crippen LogP contribution in [0.4, 0.5) is 0 Å². The number of aromatic nitrogens is 4. The minimum atomic E-state index is 0.141. The molecule has 140 valence electrons. The molecule has 0 bridgehead atoms. The Labute approximate surface area is 161 Å². The zero-order chi connectivity index (χ0) is 18.2. The van der Waals surface area contributed by atoms with Crippen LogP contribution < -0.4 is 0 Å². The van der Waals surface area contributed by atoms with Gasteiger partial charge in [0.25, 0.3) is 0 Å². The first-order chi connectivity index (χ1) is 13.3. The Hall–Kier alpha value is -2.32. The van der Waals surface area contributed by atoms with Crippen LogP contribution in [0, 0.1) is 0 Å². The average molecular weight is 383 g/mol. The molecular weight excluding hydrogens is 362 g/mol. The number of rotatable bonds is 5. The summed E-state index contributed by atoms with van der Waals surface area (Å²) in [6, 6.07) is 8.65. The fourth-order valence-electron chi connectivity index (χ4n) is 3.51. The molecule has 1 saturated heterocycles. The van der Waals surface area contributed by atoms with Gasteiger partial charge < -0.3 is 14.6 Å². The first kappa shape index (κ1) is 16.8. The lowest BCUT2D eigenvalue weighted by molar-refractivity contribution is -0.132. The molecule has 2 aliphatic rings. The van der Waals surface area contributed by atoms with E-state index in [-0.39, 0.29) is 5.91 Å². The molecule has 2 fully saturated rings. The molecule has 1 aliphatic carbocycles. The van der Waals surface area contributed by atoms with E-state index < -0.39 is 0 Å². The summed E-state index contributed by atoms with van der Waals surface area (Å²) in [6.45, 7) is 2.60. The number of nitrogens with one attached hydrogen (secondary N) is 1. The number of ether oxygens (including phenoxy) is 1. The number of nitrogens with zero attached hydrogens (tertiary/aromatic N) is 4. The molecule has 3 heterocycles. The topological polar surface area (TPSA) is 76.0 Å². The van der Waals surface area contributed by atoms with Crippen molar-refractivity contribution in [2.24, 2.45) is 0 Å². The predicted molar refractivity (Wildman–Crippen MR) is 104 cm³/mol. The largest absolute Gasteiger partial charge is 0.378 e. The lowest BCUT2D eigenvalue weighted by Gasteiger charge is -2.26. The van der Waals surface area contributed by atoms with Crippen LogP contribution in [0.25, 0.3) is 22.3 Å². The van der Waals surface area contributed by atoms with Crippen molar-refractivity contribution < 1.29 is 9.53 Å². The zero-order valence-electron chi connectivity index (χ0n) is 14.9. The Morgan fingerprint density at radius 1 is 1.22 bits per heavy atom. The summed E-state index contributed by atoms with van der Waals surface area (Å²) >= 11 is 1.49. The van der Waals surface area contributed by atoms with E-state index in [1.165, 1.54) is 11.8 Å². The third kappa shape index (κ3) is 3.23. The van der Waals surface area contributed by atoms with Crippen molar-refractivity contribution in [3.63, 3.8) is 0 Å². The van der Waals surface area contributed by atoms with E-state index >= 15 is 0 Å². The Morgan fingerprint density at radius 3 is 2.85 bits per heavy atom. The molecule has 0 atom stereocenters. The summed E-state index contributed by atoms with van der Waals surface area (Å²) in [5, 5.41) is 10.9. The molecular formula is C19H21N5O2S. The number of aromatic amines is 1. The Bertz CT molecular complexity index is 972. The third-order valence-corrected chi connectivity index (χ3v) is 6.02. The van der Waals surface area contributed by atoms with Crippen molar-refractivity contribution >= 4 is 28.6 Å². The van der Waals surface area contributed by atoms with Crippen molar-refractivity contribution in [1.82, 2.24) is 24.6 Å². The third-order valence-electron chi connectivity index (χ3n) is 5.10. The minimum Gasteiger partial charge on any atom is -0.378 e. The number of hydrogen-bond acceptors (Lipinski definition) is 5. The second kappa shape index (κ2) is 7.01. The number of carbonyl (C=O) groups excluding carboxylic acids is 1. The van der Waals surface area contributed by atoms with Gasteiger partial charge in [-0.15, -0.1) is 10.2 Å². The highest BCUT2D eigenvalue weighted by molar-refractivity contribution is 7.99.